The van der Waals surface area contributed by atoms with Crippen LogP contribution in [0.1, 0.15) is 25.6 Å². The Balaban J connectivity index is 2.39. The van der Waals surface area contributed by atoms with Gasteiger partial charge in [0.2, 0.25) is 5.95 Å². The summed E-state index contributed by atoms with van der Waals surface area (Å²) in [5.74, 6) is 1.71. The molecule has 2 aromatic heterocycles. The summed E-state index contributed by atoms with van der Waals surface area (Å²) in [6.45, 7) is 5.52. The van der Waals surface area contributed by atoms with Crippen molar-refractivity contribution in [2.24, 2.45) is 0 Å². The summed E-state index contributed by atoms with van der Waals surface area (Å²) >= 11 is 0. The maximum atomic E-state index is 12.1. The highest BCUT2D eigenvalue weighted by Gasteiger charge is 2.18. The molecule has 0 spiro atoms. The van der Waals surface area contributed by atoms with Crippen molar-refractivity contribution in [3.63, 3.8) is 0 Å². The molecule has 3 heterocycles. The molecule has 3 rings (SSSR count). The van der Waals surface area contributed by atoms with Gasteiger partial charge >= 0.3 is 0 Å². The van der Waals surface area contributed by atoms with Crippen molar-refractivity contribution in [2.45, 2.75) is 26.3 Å². The van der Waals surface area contributed by atoms with Crippen LogP contribution >= 0.6 is 0 Å². The van der Waals surface area contributed by atoms with Gasteiger partial charge in [0.15, 0.2) is 5.52 Å². The van der Waals surface area contributed by atoms with Crippen molar-refractivity contribution in [1.82, 2.24) is 19.2 Å². The first-order valence-corrected chi connectivity index (χ1v) is 5.41. The fraction of sp³-hybridized carbons (Fsp3) is 0.500. The van der Waals surface area contributed by atoms with Crippen LogP contribution in [0.4, 0.5) is 5.95 Å². The smallest absolute Gasteiger partial charge is 0.281 e. The van der Waals surface area contributed by atoms with E-state index in [2.05, 4.69) is 15.4 Å². The lowest BCUT2D eigenvalue weighted by atomic mass is 10.2. The first kappa shape index (κ1) is 9.38. The maximum Gasteiger partial charge on any atom is 0.281 e. The number of anilines is 1. The van der Waals surface area contributed by atoms with Crippen molar-refractivity contribution < 1.29 is 0 Å². The van der Waals surface area contributed by atoms with Crippen molar-refractivity contribution in [2.75, 3.05) is 11.9 Å². The highest BCUT2D eigenvalue weighted by Crippen LogP contribution is 2.15. The Morgan fingerprint density at radius 1 is 1.50 bits per heavy atom. The van der Waals surface area contributed by atoms with Crippen LogP contribution in [0.5, 0.6) is 0 Å². The number of rotatable bonds is 1. The number of nitrogens with zero attached hydrogens (tertiary/aromatic N) is 4. The van der Waals surface area contributed by atoms with E-state index >= 15 is 0 Å². The number of imidazole rings is 1. The normalized spacial score (nSPS) is 14.4. The van der Waals surface area contributed by atoms with Gasteiger partial charge in [-0.25, -0.2) is 9.50 Å². The molecule has 6 nitrogen and oxygen atoms in total. The lowest BCUT2D eigenvalue weighted by molar-refractivity contribution is 0.693. The Labute approximate surface area is 91.9 Å². The van der Waals surface area contributed by atoms with Gasteiger partial charge in [-0.15, -0.1) is 5.10 Å². The number of hydrogen-bond donors (Lipinski definition) is 1. The van der Waals surface area contributed by atoms with Gasteiger partial charge in [0.1, 0.15) is 5.82 Å². The van der Waals surface area contributed by atoms with E-state index in [4.69, 9.17) is 0 Å². The molecule has 16 heavy (non-hydrogen) atoms. The predicted octanol–water partition coefficient (Wildman–Crippen LogP) is 0.440. The fourth-order valence-corrected chi connectivity index (χ4v) is 2.01. The quantitative estimate of drug-likeness (QED) is 0.756. The topological polar surface area (TPSA) is 64.2 Å². The van der Waals surface area contributed by atoms with Gasteiger partial charge < -0.3 is 5.32 Å². The molecular formula is C10H13N5O. The standard InChI is InChI=1S/C10H13N5O/c1-6(2)8-12-5-7-9(16)14-4-3-11-10(14)13-15(7)8/h5-6H,3-4H2,1-2H3,(H,11,13). The van der Waals surface area contributed by atoms with E-state index in [0.29, 0.717) is 18.0 Å². The zero-order chi connectivity index (χ0) is 11.3. The first-order valence-electron chi connectivity index (χ1n) is 5.41. The summed E-state index contributed by atoms with van der Waals surface area (Å²) in [6.07, 6.45) is 1.61. The molecule has 6 heteroatoms. The number of fused-ring (bicyclic) bond motifs is 2. The summed E-state index contributed by atoms with van der Waals surface area (Å²) < 4.78 is 3.30. The van der Waals surface area contributed by atoms with Crippen molar-refractivity contribution in [3.05, 3.63) is 22.4 Å². The van der Waals surface area contributed by atoms with Crippen LogP contribution in [0.2, 0.25) is 0 Å². The molecular weight excluding hydrogens is 206 g/mol. The second-order valence-corrected chi connectivity index (χ2v) is 4.28. The molecule has 0 atom stereocenters. The van der Waals surface area contributed by atoms with E-state index < -0.39 is 0 Å². The monoisotopic (exact) mass is 219 g/mol. The molecule has 0 radical (unpaired) electrons. The predicted molar refractivity (Wildman–Crippen MR) is 59.8 cm³/mol. The molecule has 1 aliphatic rings. The van der Waals surface area contributed by atoms with Crippen LogP contribution in [0.15, 0.2) is 11.0 Å². The highest BCUT2D eigenvalue weighted by atomic mass is 16.1. The largest absolute Gasteiger partial charge is 0.353 e. The minimum atomic E-state index is -0.0191. The van der Waals surface area contributed by atoms with Crippen molar-refractivity contribution in [1.29, 1.82) is 0 Å². The molecule has 0 unspecified atom stereocenters. The van der Waals surface area contributed by atoms with Gasteiger partial charge in [0.05, 0.1) is 6.20 Å². The highest BCUT2D eigenvalue weighted by molar-refractivity contribution is 5.46. The van der Waals surface area contributed by atoms with Crippen LogP contribution in [-0.4, -0.2) is 25.7 Å². The second kappa shape index (κ2) is 3.07. The van der Waals surface area contributed by atoms with Gasteiger partial charge in [-0.1, -0.05) is 13.8 Å². The minimum Gasteiger partial charge on any atom is -0.353 e. The molecule has 0 saturated heterocycles. The Hall–Kier alpha value is -1.85. The maximum absolute atomic E-state index is 12.1. The van der Waals surface area contributed by atoms with Gasteiger partial charge in [-0.3, -0.25) is 9.36 Å². The van der Waals surface area contributed by atoms with Crippen LogP contribution in [0, 0.1) is 0 Å². The number of hydrogen-bond acceptors (Lipinski definition) is 4. The molecule has 84 valence electrons. The fourth-order valence-electron chi connectivity index (χ4n) is 2.01. The summed E-state index contributed by atoms with van der Waals surface area (Å²) in [4.78, 5) is 16.3. The molecule has 0 amide bonds. The first-order chi connectivity index (χ1) is 7.68. The van der Waals surface area contributed by atoms with Crippen molar-refractivity contribution >= 4 is 11.5 Å². The third kappa shape index (κ3) is 1.09. The average molecular weight is 219 g/mol. The van der Waals surface area contributed by atoms with Crippen LogP contribution in [0.25, 0.3) is 5.52 Å². The van der Waals surface area contributed by atoms with E-state index in [1.807, 2.05) is 13.8 Å². The van der Waals surface area contributed by atoms with Crippen LogP contribution < -0.4 is 10.9 Å². The Kier molecular flexibility index (Phi) is 1.80. The van der Waals surface area contributed by atoms with E-state index in [0.717, 1.165) is 12.4 Å². The average Bonchev–Trinajstić information content (AvgIpc) is 2.83. The lowest BCUT2D eigenvalue weighted by Gasteiger charge is -2.05. The van der Waals surface area contributed by atoms with Crippen LogP contribution in [0.3, 0.4) is 0 Å². The zero-order valence-electron chi connectivity index (χ0n) is 9.27. The molecule has 0 aromatic carbocycles. The minimum absolute atomic E-state index is 0.0191. The van der Waals surface area contributed by atoms with Gasteiger partial charge in [0.25, 0.3) is 5.56 Å². The summed E-state index contributed by atoms with van der Waals surface area (Å²) in [7, 11) is 0. The molecule has 2 aromatic rings. The van der Waals surface area contributed by atoms with E-state index in [1.165, 1.54) is 0 Å². The second-order valence-electron chi connectivity index (χ2n) is 4.28. The van der Waals surface area contributed by atoms with Gasteiger partial charge in [0, 0.05) is 19.0 Å². The Bertz CT molecular complexity index is 609. The van der Waals surface area contributed by atoms with Crippen LogP contribution in [-0.2, 0) is 6.54 Å². The third-order valence-electron chi connectivity index (χ3n) is 2.81. The molecule has 1 aliphatic heterocycles. The number of nitrogens with one attached hydrogen (secondary N) is 1. The lowest BCUT2D eigenvalue weighted by Crippen LogP contribution is -2.22. The summed E-state index contributed by atoms with van der Waals surface area (Å²) in [6, 6.07) is 0. The molecule has 0 saturated carbocycles. The third-order valence-corrected chi connectivity index (χ3v) is 2.81. The van der Waals surface area contributed by atoms with Crippen molar-refractivity contribution in [3.8, 4) is 0 Å². The molecule has 0 aliphatic carbocycles. The zero-order valence-corrected chi connectivity index (χ0v) is 9.27. The van der Waals surface area contributed by atoms with E-state index in [1.54, 1.807) is 15.3 Å². The van der Waals surface area contributed by atoms with E-state index in [-0.39, 0.29) is 11.5 Å². The van der Waals surface area contributed by atoms with E-state index in [9.17, 15) is 4.79 Å². The Morgan fingerprint density at radius 2 is 2.31 bits per heavy atom. The molecule has 0 bridgehead atoms. The summed E-state index contributed by atoms with van der Waals surface area (Å²) in [5, 5.41) is 7.50. The summed E-state index contributed by atoms with van der Waals surface area (Å²) in [5.41, 5.74) is 0.533. The molecule has 0 fully saturated rings. The number of aromatic nitrogens is 4. The SMILES string of the molecule is CC(C)c1ncc2c(=O)n3c(nn12)NCC3. The molecule has 1 N–H and O–H groups in total. The Morgan fingerprint density at radius 3 is 3.06 bits per heavy atom. The van der Waals surface area contributed by atoms with Gasteiger partial charge in [-0.2, -0.15) is 0 Å². The van der Waals surface area contributed by atoms with Gasteiger partial charge in [-0.05, 0) is 0 Å².